The predicted molar refractivity (Wildman–Crippen MR) is 122 cm³/mol. The largest absolute Gasteiger partial charge is 0.397 e. The third kappa shape index (κ3) is 3.24. The number of anilines is 3. The van der Waals surface area contributed by atoms with Crippen molar-refractivity contribution < 1.29 is 14.0 Å². The van der Waals surface area contributed by atoms with Gasteiger partial charge < -0.3 is 11.5 Å². The Hall–Kier alpha value is -4.27. The first-order valence-electron chi connectivity index (χ1n) is 9.27. The van der Waals surface area contributed by atoms with E-state index in [1.54, 1.807) is 6.20 Å². The van der Waals surface area contributed by atoms with E-state index in [2.05, 4.69) is 21.6 Å². The molecule has 1 amide bonds. The molecule has 9 nitrogen and oxygen atoms in total. The normalized spacial score (nSPS) is 10.8. The number of carbonyl (C=O) groups excluding carboxylic acids is 1. The topological polar surface area (TPSA) is 148 Å². The summed E-state index contributed by atoms with van der Waals surface area (Å²) < 4.78 is 6.73. The number of para-hydroxylation sites is 1. The lowest BCUT2D eigenvalue weighted by molar-refractivity contribution is -0.670. The fourth-order valence-corrected chi connectivity index (χ4v) is 5.08. The Morgan fingerprint density at radius 1 is 1.19 bits per heavy atom. The van der Waals surface area contributed by atoms with E-state index in [0.29, 0.717) is 15.8 Å². The quantitative estimate of drug-likeness (QED) is 0.347. The molecule has 0 aliphatic heterocycles. The molecule has 4 aromatic heterocycles. The van der Waals surface area contributed by atoms with E-state index in [4.69, 9.17) is 16.0 Å². The van der Waals surface area contributed by atoms with Crippen LogP contribution < -0.4 is 21.5 Å². The standard InChI is InChI=1S/C21H13N7O2S2/c22-9-12-15(13-7-4-8-31-13)16-17(23)18(32-21(16)26-19(12)24)20(29)25-14-10-28(27-30-14)11-5-2-1-3-6-11/h1-8,10H,(H4-,23,24,25,26,27,29)/p+1. The molecule has 0 spiro atoms. The second-order valence-electron chi connectivity index (χ2n) is 6.66. The summed E-state index contributed by atoms with van der Waals surface area (Å²) >= 11 is 2.54. The van der Waals surface area contributed by atoms with Crippen LogP contribution in [0.4, 0.5) is 17.4 Å². The number of thiophene rings is 2. The summed E-state index contributed by atoms with van der Waals surface area (Å²) in [4.78, 5) is 18.8. The number of rotatable bonds is 4. The molecular formula is C21H14N7O2S2+. The lowest BCUT2D eigenvalue weighted by Crippen LogP contribution is -2.31. The zero-order valence-corrected chi connectivity index (χ0v) is 17.9. The van der Waals surface area contributed by atoms with Crippen molar-refractivity contribution in [3.8, 4) is 22.2 Å². The maximum atomic E-state index is 13.0. The van der Waals surface area contributed by atoms with Crippen LogP contribution in [0.3, 0.4) is 0 Å². The maximum Gasteiger partial charge on any atom is 0.303 e. The van der Waals surface area contributed by atoms with Crippen LogP contribution in [0, 0.1) is 11.3 Å². The molecule has 0 saturated heterocycles. The van der Waals surface area contributed by atoms with E-state index in [0.717, 1.165) is 21.9 Å². The molecule has 32 heavy (non-hydrogen) atoms. The minimum absolute atomic E-state index is 0.0933. The van der Waals surface area contributed by atoms with Gasteiger partial charge in [0.05, 0.1) is 5.69 Å². The average Bonchev–Trinajstić information content (AvgIpc) is 3.54. The molecule has 5 N–H and O–H groups in total. The highest BCUT2D eigenvalue weighted by Crippen LogP contribution is 2.43. The number of nitrogens with two attached hydrogens (primary N) is 2. The number of nitriles is 1. The van der Waals surface area contributed by atoms with Gasteiger partial charge in [-0.3, -0.25) is 14.6 Å². The number of carbonyl (C=O) groups is 1. The Morgan fingerprint density at radius 3 is 2.72 bits per heavy atom. The molecular weight excluding hydrogens is 446 g/mol. The number of aromatic nitrogens is 3. The number of nitrogens with one attached hydrogen (secondary N) is 1. The molecule has 4 heterocycles. The van der Waals surface area contributed by atoms with Crippen LogP contribution in [0.15, 0.2) is 58.6 Å². The van der Waals surface area contributed by atoms with Crippen LogP contribution >= 0.6 is 22.7 Å². The van der Waals surface area contributed by atoms with Crippen LogP contribution in [0.5, 0.6) is 0 Å². The van der Waals surface area contributed by atoms with Crippen molar-refractivity contribution in [2.45, 2.75) is 0 Å². The Kier molecular flexibility index (Phi) is 4.78. The second-order valence-corrected chi connectivity index (χ2v) is 8.61. The van der Waals surface area contributed by atoms with Gasteiger partial charge in [-0.2, -0.15) is 5.26 Å². The summed E-state index contributed by atoms with van der Waals surface area (Å²) in [5, 5.41) is 18.7. The molecule has 0 fully saturated rings. The molecule has 0 saturated carbocycles. The smallest absolute Gasteiger partial charge is 0.303 e. The van der Waals surface area contributed by atoms with Crippen molar-refractivity contribution in [3.05, 3.63) is 64.5 Å². The van der Waals surface area contributed by atoms with Gasteiger partial charge in [0, 0.05) is 28.0 Å². The highest BCUT2D eigenvalue weighted by atomic mass is 32.1. The van der Waals surface area contributed by atoms with Crippen molar-refractivity contribution in [3.63, 3.8) is 0 Å². The van der Waals surface area contributed by atoms with Crippen molar-refractivity contribution in [2.24, 2.45) is 0 Å². The number of hydrogen-bond donors (Lipinski definition) is 3. The molecule has 0 aliphatic carbocycles. The van der Waals surface area contributed by atoms with E-state index >= 15 is 0 Å². The molecule has 0 unspecified atom stereocenters. The van der Waals surface area contributed by atoms with E-state index in [9.17, 15) is 10.1 Å². The third-order valence-corrected chi connectivity index (χ3v) is 6.70. The summed E-state index contributed by atoms with van der Waals surface area (Å²) in [7, 11) is 0. The Labute approximate surface area is 189 Å². The number of amides is 1. The van der Waals surface area contributed by atoms with Gasteiger partial charge in [-0.1, -0.05) is 24.3 Å². The van der Waals surface area contributed by atoms with Gasteiger partial charge in [-0.15, -0.1) is 22.7 Å². The van der Waals surface area contributed by atoms with Crippen LogP contribution in [0.2, 0.25) is 0 Å². The number of pyridine rings is 1. The van der Waals surface area contributed by atoms with E-state index < -0.39 is 5.91 Å². The maximum absolute atomic E-state index is 13.0. The summed E-state index contributed by atoms with van der Waals surface area (Å²) in [5.41, 5.74) is 14.2. The lowest BCUT2D eigenvalue weighted by Gasteiger charge is -2.07. The second kappa shape index (κ2) is 7.77. The van der Waals surface area contributed by atoms with Crippen LogP contribution in [-0.2, 0) is 0 Å². The van der Waals surface area contributed by atoms with E-state index in [1.165, 1.54) is 16.0 Å². The number of hydrogen-bond acceptors (Lipinski definition) is 9. The zero-order chi connectivity index (χ0) is 22.2. The highest BCUT2D eigenvalue weighted by molar-refractivity contribution is 7.21. The minimum atomic E-state index is -0.476. The van der Waals surface area contributed by atoms with Gasteiger partial charge in [0.25, 0.3) is 12.1 Å². The summed E-state index contributed by atoms with van der Waals surface area (Å²) in [6.45, 7) is 0. The van der Waals surface area contributed by atoms with Crippen molar-refractivity contribution >= 4 is 56.2 Å². The van der Waals surface area contributed by atoms with Crippen LogP contribution in [0.25, 0.3) is 26.3 Å². The highest BCUT2D eigenvalue weighted by Gasteiger charge is 2.26. The van der Waals surface area contributed by atoms with Gasteiger partial charge in [-0.05, 0) is 16.1 Å². The fourth-order valence-electron chi connectivity index (χ4n) is 3.29. The zero-order valence-electron chi connectivity index (χ0n) is 16.3. The number of fused-ring (bicyclic) bond motifs is 1. The molecule has 156 valence electrons. The molecule has 1 aromatic carbocycles. The molecule has 0 radical (unpaired) electrons. The average molecular weight is 461 g/mol. The molecule has 0 aliphatic rings. The lowest BCUT2D eigenvalue weighted by atomic mass is 10.0. The first-order chi connectivity index (χ1) is 15.6. The fraction of sp³-hybridized carbons (Fsp3) is 0. The van der Waals surface area contributed by atoms with Crippen molar-refractivity contribution in [1.82, 2.24) is 10.3 Å². The van der Waals surface area contributed by atoms with Crippen LogP contribution in [0.1, 0.15) is 15.2 Å². The van der Waals surface area contributed by atoms with E-state index in [1.807, 2.05) is 47.8 Å². The summed E-state index contributed by atoms with van der Waals surface area (Å²) in [6, 6.07) is 15.2. The SMILES string of the molecule is N#Cc1c(N)nc2sc(C(=O)Nc3c[n+](-c4ccccc4)no3)c(N)c2c1-c1cccs1. The van der Waals surface area contributed by atoms with Gasteiger partial charge in [0.2, 0.25) is 11.0 Å². The van der Waals surface area contributed by atoms with Gasteiger partial charge in [0.1, 0.15) is 27.2 Å². The third-order valence-electron chi connectivity index (χ3n) is 4.71. The summed E-state index contributed by atoms with van der Waals surface area (Å²) in [5.74, 6) is -0.230. The molecule has 0 bridgehead atoms. The van der Waals surface area contributed by atoms with Gasteiger partial charge in [0.15, 0.2) is 0 Å². The first-order valence-corrected chi connectivity index (χ1v) is 11.0. The Balaban J connectivity index is 1.55. The molecule has 11 heteroatoms. The Bertz CT molecular complexity index is 1500. The molecule has 5 rings (SSSR count). The number of benzene rings is 1. The van der Waals surface area contributed by atoms with Crippen molar-refractivity contribution in [2.75, 3.05) is 16.8 Å². The van der Waals surface area contributed by atoms with Crippen molar-refractivity contribution in [1.29, 1.82) is 5.26 Å². The summed E-state index contributed by atoms with van der Waals surface area (Å²) in [6.07, 6.45) is 1.55. The molecule has 0 atom stereocenters. The Morgan fingerprint density at radius 2 is 2.00 bits per heavy atom. The first kappa shape index (κ1) is 19.7. The minimum Gasteiger partial charge on any atom is -0.397 e. The molecule has 5 aromatic rings. The van der Waals surface area contributed by atoms with Gasteiger partial charge in [-0.25, -0.2) is 4.98 Å². The number of nitrogen functional groups attached to an aromatic ring is 2. The predicted octanol–water partition coefficient (Wildman–Crippen LogP) is 3.58. The van der Waals surface area contributed by atoms with E-state index in [-0.39, 0.29) is 27.8 Å². The van der Waals surface area contributed by atoms with Gasteiger partial charge >= 0.3 is 5.88 Å². The number of nitrogens with zero attached hydrogens (tertiary/aromatic N) is 4. The monoisotopic (exact) mass is 460 g/mol. The van der Waals surface area contributed by atoms with Crippen LogP contribution in [-0.4, -0.2) is 16.2 Å².